The number of amides is 5. The van der Waals surface area contributed by atoms with E-state index in [-0.39, 0.29) is 42.7 Å². The number of hydrogen-bond acceptors (Lipinski definition) is 10. The molecule has 0 radical (unpaired) electrons. The molecule has 4 unspecified atom stereocenters. The molecule has 3 fully saturated rings. The first-order valence-electron chi connectivity index (χ1n) is 31.3. The molecular formula is C66H106N6O10. The van der Waals surface area contributed by atoms with E-state index in [1.54, 1.807) is 68.5 Å². The molecule has 82 heavy (non-hydrogen) atoms. The van der Waals surface area contributed by atoms with Crippen molar-refractivity contribution in [2.75, 3.05) is 13.1 Å². The van der Waals surface area contributed by atoms with Gasteiger partial charge in [-0.3, -0.25) is 9.59 Å². The van der Waals surface area contributed by atoms with E-state index in [9.17, 15) is 28.8 Å². The topological polar surface area (TPSA) is 215 Å². The summed E-state index contributed by atoms with van der Waals surface area (Å²) in [6.07, 6.45) is 16.7. The van der Waals surface area contributed by atoms with Gasteiger partial charge in [-0.05, 0) is 203 Å². The van der Waals surface area contributed by atoms with Crippen molar-refractivity contribution in [3.05, 3.63) is 47.7 Å². The first-order chi connectivity index (χ1) is 38.3. The van der Waals surface area contributed by atoms with Crippen LogP contribution < -0.4 is 26.6 Å². The number of alkyl carbamates (subject to hydrolysis) is 3. The second-order valence-electron chi connectivity index (χ2n) is 29.0. The van der Waals surface area contributed by atoms with Gasteiger partial charge in [0.2, 0.25) is 11.8 Å². The number of aromatic nitrogens is 1. The Bertz CT molecular complexity index is 2540. The van der Waals surface area contributed by atoms with Crippen LogP contribution in [0.5, 0.6) is 0 Å². The maximum absolute atomic E-state index is 15.0. The van der Waals surface area contributed by atoms with Crippen LogP contribution in [-0.4, -0.2) is 95.2 Å². The Hall–Kier alpha value is -5.28. The first kappa shape index (κ1) is 65.9. The van der Waals surface area contributed by atoms with Crippen LogP contribution >= 0.6 is 0 Å². The van der Waals surface area contributed by atoms with Crippen LogP contribution in [0.3, 0.4) is 0 Å². The number of H-pyrrole nitrogens is 1. The SMILES string of the molecule is CC(C)CCC[C@@H](C)[C@H]1CC[C@@H]2[C@]1(C)CC[C@H]1[C@@]2(C)CC=C2CC(OC(=O)C(CCCCNC(=O)OC(C)(C)C)NC(=O)C(Cc3c[nH]c4ccccc34)NC(=O)C(CCCCNC(=O)OC(C)(C)C)NC(=O)OC(C)(C)C)CC[C@@]21C. The highest BCUT2D eigenvalue weighted by Crippen LogP contribution is 2.72. The number of benzene rings is 1. The lowest BCUT2D eigenvalue weighted by Crippen LogP contribution is -2.57. The van der Waals surface area contributed by atoms with Gasteiger partial charge in [-0.15, -0.1) is 0 Å². The number of rotatable bonds is 24. The van der Waals surface area contributed by atoms with Crippen LogP contribution in [0, 0.1) is 45.8 Å². The zero-order valence-electron chi connectivity index (χ0n) is 52.9. The summed E-state index contributed by atoms with van der Waals surface area (Å²) in [5.74, 6) is 1.71. The number of carbonyl (C=O) groups excluding carboxylic acids is 6. The maximum Gasteiger partial charge on any atom is 0.408 e. The van der Waals surface area contributed by atoms with Crippen molar-refractivity contribution >= 4 is 47.0 Å². The van der Waals surface area contributed by atoms with Gasteiger partial charge in [-0.25, -0.2) is 19.2 Å². The molecule has 4 aliphatic carbocycles. The van der Waals surface area contributed by atoms with E-state index >= 15 is 0 Å². The van der Waals surface area contributed by atoms with E-state index in [1.807, 2.05) is 24.3 Å². The number of nitrogens with one attached hydrogen (secondary N) is 6. The zero-order chi connectivity index (χ0) is 60.4. The molecule has 2 aromatic rings. The molecule has 1 aromatic heterocycles. The summed E-state index contributed by atoms with van der Waals surface area (Å²) in [7, 11) is 0. The van der Waals surface area contributed by atoms with Gasteiger partial charge >= 0.3 is 24.2 Å². The number of carbonyl (C=O) groups is 6. The number of hydrogen-bond donors (Lipinski definition) is 6. The van der Waals surface area contributed by atoms with Crippen molar-refractivity contribution < 1.29 is 47.7 Å². The minimum absolute atomic E-state index is 0.00790. The van der Waals surface area contributed by atoms with Gasteiger partial charge in [0.25, 0.3) is 0 Å². The zero-order valence-corrected chi connectivity index (χ0v) is 52.9. The molecule has 3 saturated carbocycles. The normalized spacial score (nSPS) is 25.9. The predicted octanol–water partition coefficient (Wildman–Crippen LogP) is 13.3. The van der Waals surface area contributed by atoms with E-state index in [1.165, 1.54) is 50.5 Å². The Morgan fingerprint density at radius 1 is 0.622 bits per heavy atom. The van der Waals surface area contributed by atoms with Crippen LogP contribution in [0.15, 0.2) is 42.1 Å². The van der Waals surface area contributed by atoms with E-state index in [4.69, 9.17) is 18.9 Å². The Morgan fingerprint density at radius 3 is 1.83 bits per heavy atom. The lowest BCUT2D eigenvalue weighted by molar-refractivity contribution is -0.157. The molecule has 16 nitrogen and oxygen atoms in total. The number of aromatic amines is 1. The number of ether oxygens (including phenoxy) is 4. The standard InChI is InChI=1S/C66H106N6O10/c1-42(2)23-22-24-43(3)48-29-30-53-65(48,14)36-33-54-64(13)35-32-46(40-45(64)31-34-66(53,54)15)79-57(75)51(28-19-21-38-68-59(77)81-62(7,8)9)70-56(74)52(39-44-41-69-49-26-17-16-25-47(44)49)71-55(73)50(72-60(78)82-63(10,11)12)27-18-20-37-67-58(76)80-61(4,5)6/h16-17,25-26,31,41-43,46,48,50-54,69H,18-24,27-30,32-40H2,1-15H3,(H,67,76)(H,68,77)(H,70,74)(H,71,73)(H,72,78)/t43-,46?,48-,50?,51?,52?,53-,54-,64+,65-,66+/m1/s1. The first-order valence-corrected chi connectivity index (χ1v) is 31.3. The lowest BCUT2D eigenvalue weighted by Gasteiger charge is -2.63. The minimum Gasteiger partial charge on any atom is -0.461 e. The largest absolute Gasteiger partial charge is 0.461 e. The van der Waals surface area contributed by atoms with Crippen molar-refractivity contribution in [3.63, 3.8) is 0 Å². The highest BCUT2D eigenvalue weighted by atomic mass is 16.6. The molecule has 6 N–H and O–H groups in total. The van der Waals surface area contributed by atoms with Crippen molar-refractivity contribution in [2.24, 2.45) is 45.8 Å². The number of allylic oxidation sites excluding steroid dienone is 1. The van der Waals surface area contributed by atoms with Crippen LogP contribution in [0.4, 0.5) is 14.4 Å². The number of fused-ring (bicyclic) bond motifs is 6. The fourth-order valence-corrected chi connectivity index (χ4v) is 14.9. The number of para-hydroxylation sites is 1. The average molecular weight is 1140 g/mol. The highest BCUT2D eigenvalue weighted by molar-refractivity contribution is 5.94. The van der Waals surface area contributed by atoms with E-state index in [0.717, 1.165) is 47.1 Å². The molecule has 11 atom stereocenters. The molecule has 16 heteroatoms. The van der Waals surface area contributed by atoms with Crippen molar-refractivity contribution in [1.29, 1.82) is 0 Å². The van der Waals surface area contributed by atoms with E-state index in [0.29, 0.717) is 62.3 Å². The monoisotopic (exact) mass is 1140 g/mol. The number of esters is 1. The quantitative estimate of drug-likeness (QED) is 0.0253. The Balaban J connectivity index is 1.20. The van der Waals surface area contributed by atoms with Gasteiger partial charge < -0.3 is 50.5 Å². The molecular weight excluding hydrogens is 1040 g/mol. The third kappa shape index (κ3) is 17.9. The van der Waals surface area contributed by atoms with E-state index in [2.05, 4.69) is 79.2 Å². The van der Waals surface area contributed by atoms with Gasteiger partial charge in [-0.2, -0.15) is 0 Å². The average Bonchev–Trinajstić information content (AvgIpc) is 1.32. The highest BCUT2D eigenvalue weighted by Gasteiger charge is 2.64. The van der Waals surface area contributed by atoms with Crippen LogP contribution in [0.25, 0.3) is 10.9 Å². The van der Waals surface area contributed by atoms with Crippen molar-refractivity contribution in [1.82, 2.24) is 31.6 Å². The lowest BCUT2D eigenvalue weighted by atomic mass is 9.41. The van der Waals surface area contributed by atoms with Gasteiger partial charge in [0.05, 0.1) is 0 Å². The Labute approximate surface area is 491 Å². The Morgan fingerprint density at radius 2 is 1.21 bits per heavy atom. The van der Waals surface area contributed by atoms with Gasteiger partial charge in [-0.1, -0.05) is 90.7 Å². The van der Waals surface area contributed by atoms with Crippen LogP contribution in [-0.2, 0) is 39.8 Å². The molecule has 4 aliphatic rings. The summed E-state index contributed by atoms with van der Waals surface area (Å²) >= 11 is 0. The fraction of sp³-hybridized carbons (Fsp3) is 0.758. The summed E-state index contributed by atoms with van der Waals surface area (Å²) in [6, 6.07) is 4.26. The fourth-order valence-electron chi connectivity index (χ4n) is 14.9. The second-order valence-corrected chi connectivity index (χ2v) is 29.0. The summed E-state index contributed by atoms with van der Waals surface area (Å²) in [6.45, 7) is 31.4. The second kappa shape index (κ2) is 27.6. The van der Waals surface area contributed by atoms with Gasteiger partial charge in [0.1, 0.15) is 41.0 Å². The molecule has 0 bridgehead atoms. The summed E-state index contributed by atoms with van der Waals surface area (Å²) < 4.78 is 22.9. The molecule has 5 amide bonds. The van der Waals surface area contributed by atoms with Gasteiger partial charge in [0.15, 0.2) is 0 Å². The molecule has 1 heterocycles. The molecule has 460 valence electrons. The Kier molecular flexibility index (Phi) is 22.2. The molecule has 0 saturated heterocycles. The third-order valence-electron chi connectivity index (χ3n) is 18.6. The smallest absolute Gasteiger partial charge is 0.408 e. The minimum atomic E-state index is -1.20. The predicted molar refractivity (Wildman–Crippen MR) is 323 cm³/mol. The molecule has 0 spiro atoms. The summed E-state index contributed by atoms with van der Waals surface area (Å²) in [4.78, 5) is 85.8. The molecule has 1 aromatic carbocycles. The van der Waals surface area contributed by atoms with Crippen LogP contribution in [0.2, 0.25) is 0 Å². The third-order valence-corrected chi connectivity index (χ3v) is 18.6. The molecule has 6 rings (SSSR count). The van der Waals surface area contributed by atoms with Crippen molar-refractivity contribution in [2.45, 2.75) is 260 Å². The van der Waals surface area contributed by atoms with Crippen molar-refractivity contribution in [3.8, 4) is 0 Å². The van der Waals surface area contributed by atoms with Crippen LogP contribution in [0.1, 0.15) is 219 Å². The van der Waals surface area contributed by atoms with E-state index < -0.39 is 71.0 Å². The summed E-state index contributed by atoms with van der Waals surface area (Å²) in [5, 5.41) is 15.1. The number of unbranched alkanes of at least 4 members (excludes halogenated alkanes) is 2. The maximum atomic E-state index is 15.0. The molecule has 0 aliphatic heterocycles. The van der Waals surface area contributed by atoms with Gasteiger partial charge in [0, 0.05) is 43.0 Å². The summed E-state index contributed by atoms with van der Waals surface area (Å²) in [5.41, 5.74) is 1.38.